The second-order valence-corrected chi connectivity index (χ2v) is 4.91. The fourth-order valence-corrected chi connectivity index (χ4v) is 2.29. The van der Waals surface area contributed by atoms with Gasteiger partial charge in [0.05, 0.1) is 13.5 Å². The number of carbonyl (C=O) groups excluding carboxylic acids is 1. The van der Waals surface area contributed by atoms with Gasteiger partial charge in [-0.1, -0.05) is 26.2 Å². The van der Waals surface area contributed by atoms with E-state index in [-0.39, 0.29) is 12.0 Å². The van der Waals surface area contributed by atoms with E-state index in [1.807, 2.05) is 0 Å². The minimum Gasteiger partial charge on any atom is -0.469 e. The van der Waals surface area contributed by atoms with Crippen molar-refractivity contribution in [2.45, 2.75) is 51.5 Å². The lowest BCUT2D eigenvalue weighted by Gasteiger charge is -2.29. The van der Waals surface area contributed by atoms with Gasteiger partial charge in [0.25, 0.3) is 0 Å². The average molecular weight is 213 g/mol. The fourth-order valence-electron chi connectivity index (χ4n) is 2.29. The predicted octanol–water partition coefficient (Wildman–Crippen LogP) is 2.09. The van der Waals surface area contributed by atoms with Crippen molar-refractivity contribution in [1.82, 2.24) is 0 Å². The van der Waals surface area contributed by atoms with Gasteiger partial charge >= 0.3 is 5.97 Å². The van der Waals surface area contributed by atoms with Crippen LogP contribution in [0.1, 0.15) is 45.4 Å². The largest absolute Gasteiger partial charge is 0.469 e. The van der Waals surface area contributed by atoms with Gasteiger partial charge < -0.3 is 10.5 Å². The van der Waals surface area contributed by atoms with Crippen molar-refractivity contribution in [2.24, 2.45) is 17.6 Å². The molecule has 3 nitrogen and oxygen atoms in total. The van der Waals surface area contributed by atoms with E-state index in [4.69, 9.17) is 5.73 Å². The number of nitrogens with two attached hydrogens (primary N) is 1. The number of hydrogen-bond acceptors (Lipinski definition) is 3. The summed E-state index contributed by atoms with van der Waals surface area (Å²) >= 11 is 0. The molecule has 0 radical (unpaired) electrons. The monoisotopic (exact) mass is 213 g/mol. The predicted molar refractivity (Wildman–Crippen MR) is 60.3 cm³/mol. The highest BCUT2D eigenvalue weighted by atomic mass is 16.5. The van der Waals surface area contributed by atoms with E-state index in [0.29, 0.717) is 12.3 Å². The maximum absolute atomic E-state index is 11.0. The normalized spacial score (nSPS) is 20.5. The molecule has 0 bridgehead atoms. The maximum atomic E-state index is 11.0. The first-order chi connectivity index (χ1) is 7.11. The molecule has 0 heterocycles. The van der Waals surface area contributed by atoms with Crippen molar-refractivity contribution in [3.8, 4) is 0 Å². The van der Waals surface area contributed by atoms with Gasteiger partial charge in [0.15, 0.2) is 0 Å². The lowest BCUT2D eigenvalue weighted by Crippen LogP contribution is -2.27. The molecule has 0 spiro atoms. The zero-order valence-corrected chi connectivity index (χ0v) is 9.87. The van der Waals surface area contributed by atoms with Crippen LogP contribution in [0.5, 0.6) is 0 Å². The number of hydrogen-bond donors (Lipinski definition) is 1. The molecule has 1 fully saturated rings. The summed E-state index contributed by atoms with van der Waals surface area (Å²) in [6.45, 7) is 2.23. The summed E-state index contributed by atoms with van der Waals surface area (Å²) in [5.74, 6) is 1.36. The first kappa shape index (κ1) is 12.5. The van der Waals surface area contributed by atoms with Crippen LogP contribution in [-0.4, -0.2) is 19.1 Å². The van der Waals surface area contributed by atoms with E-state index in [0.717, 1.165) is 12.3 Å². The van der Waals surface area contributed by atoms with Crippen molar-refractivity contribution in [2.75, 3.05) is 7.11 Å². The van der Waals surface area contributed by atoms with E-state index in [9.17, 15) is 4.79 Å². The van der Waals surface area contributed by atoms with Gasteiger partial charge in [0.1, 0.15) is 0 Å². The summed E-state index contributed by atoms with van der Waals surface area (Å²) in [4.78, 5) is 11.0. The molecule has 0 amide bonds. The van der Waals surface area contributed by atoms with Crippen LogP contribution in [0, 0.1) is 11.8 Å². The molecule has 0 aromatic carbocycles. The number of rotatable bonds is 6. The van der Waals surface area contributed by atoms with Gasteiger partial charge in [-0.3, -0.25) is 4.79 Å². The molecular formula is C12H23NO2. The molecule has 1 saturated carbocycles. The quantitative estimate of drug-likeness (QED) is 0.687. The molecule has 15 heavy (non-hydrogen) atoms. The Bertz CT molecular complexity index is 202. The van der Waals surface area contributed by atoms with Crippen LogP contribution in [0.2, 0.25) is 0 Å². The maximum Gasteiger partial charge on any atom is 0.307 e. The molecule has 2 unspecified atom stereocenters. The van der Waals surface area contributed by atoms with Crippen molar-refractivity contribution < 1.29 is 9.53 Å². The van der Waals surface area contributed by atoms with Gasteiger partial charge in [0.2, 0.25) is 0 Å². The van der Waals surface area contributed by atoms with Gasteiger partial charge in [-0.25, -0.2) is 0 Å². The minimum absolute atomic E-state index is 0.0347. The zero-order valence-electron chi connectivity index (χ0n) is 9.87. The topological polar surface area (TPSA) is 52.3 Å². The highest BCUT2D eigenvalue weighted by Crippen LogP contribution is 2.33. The van der Waals surface area contributed by atoms with E-state index in [1.165, 1.54) is 32.8 Å². The first-order valence-corrected chi connectivity index (χ1v) is 5.94. The SMILES string of the molecule is COC(=O)CC(N)CC(C)CC1CCC1. The molecule has 1 rings (SSSR count). The number of esters is 1. The van der Waals surface area contributed by atoms with Crippen molar-refractivity contribution in [3.05, 3.63) is 0 Å². The average Bonchev–Trinajstić information content (AvgIpc) is 2.11. The molecule has 0 aliphatic heterocycles. The molecule has 1 aliphatic carbocycles. The van der Waals surface area contributed by atoms with Crippen molar-refractivity contribution >= 4 is 5.97 Å². The molecule has 3 heteroatoms. The van der Waals surface area contributed by atoms with E-state index in [1.54, 1.807) is 0 Å². The Kier molecular flexibility index (Phi) is 5.09. The van der Waals surface area contributed by atoms with Gasteiger partial charge in [-0.2, -0.15) is 0 Å². The highest BCUT2D eigenvalue weighted by molar-refractivity contribution is 5.69. The molecule has 1 aliphatic rings. The standard InChI is InChI=1S/C12H23NO2/c1-9(6-10-4-3-5-10)7-11(13)8-12(14)15-2/h9-11H,3-8,13H2,1-2H3. The second kappa shape index (κ2) is 6.11. The van der Waals surface area contributed by atoms with E-state index >= 15 is 0 Å². The molecule has 0 aromatic rings. The Morgan fingerprint density at radius 1 is 1.53 bits per heavy atom. The number of methoxy groups -OCH3 is 1. The third-order valence-corrected chi connectivity index (χ3v) is 3.32. The first-order valence-electron chi connectivity index (χ1n) is 5.94. The van der Waals surface area contributed by atoms with Gasteiger partial charge in [-0.15, -0.1) is 0 Å². The van der Waals surface area contributed by atoms with Crippen LogP contribution in [0.25, 0.3) is 0 Å². The van der Waals surface area contributed by atoms with Crippen LogP contribution in [0.3, 0.4) is 0 Å². The Morgan fingerprint density at radius 3 is 2.67 bits per heavy atom. The third-order valence-electron chi connectivity index (χ3n) is 3.32. The minimum atomic E-state index is -0.196. The Morgan fingerprint density at radius 2 is 2.20 bits per heavy atom. The van der Waals surface area contributed by atoms with Crippen molar-refractivity contribution in [3.63, 3.8) is 0 Å². The number of carbonyl (C=O) groups is 1. The third kappa shape index (κ3) is 4.65. The number of ether oxygens (including phenoxy) is 1. The molecule has 0 aromatic heterocycles. The van der Waals surface area contributed by atoms with Crippen LogP contribution in [-0.2, 0) is 9.53 Å². The molecular weight excluding hydrogens is 190 g/mol. The lowest BCUT2D eigenvalue weighted by atomic mass is 9.78. The van der Waals surface area contributed by atoms with E-state index < -0.39 is 0 Å². The Labute approximate surface area is 92.4 Å². The van der Waals surface area contributed by atoms with Gasteiger partial charge in [-0.05, 0) is 24.7 Å². The Balaban J connectivity index is 2.12. The summed E-state index contributed by atoms with van der Waals surface area (Å²) in [7, 11) is 1.41. The summed E-state index contributed by atoms with van der Waals surface area (Å²) in [5, 5.41) is 0. The van der Waals surface area contributed by atoms with Crippen LogP contribution in [0.15, 0.2) is 0 Å². The molecule has 0 saturated heterocycles. The smallest absolute Gasteiger partial charge is 0.307 e. The summed E-state index contributed by atoms with van der Waals surface area (Å²) in [6, 6.07) is -0.0347. The molecule has 2 atom stereocenters. The van der Waals surface area contributed by atoms with Gasteiger partial charge in [0, 0.05) is 6.04 Å². The van der Waals surface area contributed by atoms with Crippen LogP contribution < -0.4 is 5.73 Å². The fraction of sp³-hybridized carbons (Fsp3) is 0.917. The lowest BCUT2D eigenvalue weighted by molar-refractivity contribution is -0.141. The molecule has 88 valence electrons. The zero-order chi connectivity index (χ0) is 11.3. The van der Waals surface area contributed by atoms with E-state index in [2.05, 4.69) is 11.7 Å². The van der Waals surface area contributed by atoms with Crippen LogP contribution in [0.4, 0.5) is 0 Å². The second-order valence-electron chi connectivity index (χ2n) is 4.91. The van der Waals surface area contributed by atoms with Crippen molar-refractivity contribution in [1.29, 1.82) is 0 Å². The highest BCUT2D eigenvalue weighted by Gasteiger charge is 2.21. The van der Waals surface area contributed by atoms with Crippen LogP contribution >= 0.6 is 0 Å². The summed E-state index contributed by atoms with van der Waals surface area (Å²) in [5.41, 5.74) is 5.89. The summed E-state index contributed by atoms with van der Waals surface area (Å²) in [6.07, 6.45) is 6.73. The summed E-state index contributed by atoms with van der Waals surface area (Å²) < 4.78 is 4.60. The Hall–Kier alpha value is -0.570. The molecule has 2 N–H and O–H groups in total.